The van der Waals surface area contributed by atoms with E-state index in [1.807, 2.05) is 10.6 Å². The third-order valence-corrected chi connectivity index (χ3v) is 7.91. The summed E-state index contributed by atoms with van der Waals surface area (Å²) in [5.74, 6) is -0.394. The van der Waals surface area contributed by atoms with Crippen LogP contribution in [0.15, 0.2) is 75.0 Å². The summed E-state index contributed by atoms with van der Waals surface area (Å²) in [6, 6.07) is 13.5. The molecule has 0 saturated carbocycles. The summed E-state index contributed by atoms with van der Waals surface area (Å²) in [6.07, 6.45) is 5.95. The van der Waals surface area contributed by atoms with Crippen molar-refractivity contribution < 1.29 is 10.2 Å². The molecule has 10 heteroatoms. The molecule has 0 amide bonds. The number of nitrogens with zero attached hydrogens (tertiary/aromatic N) is 4. The molecule has 0 unspecified atom stereocenters. The SMILES string of the molecule is N=c1ncn(CCC2=CCN(Cc3ccccc3)CC2)c2nc(Sc3cc(O)c(O)cc3Br)[nH]c12. The van der Waals surface area contributed by atoms with Gasteiger partial charge in [0.1, 0.15) is 5.52 Å². The van der Waals surface area contributed by atoms with Gasteiger partial charge in [0.05, 0.1) is 6.33 Å². The minimum Gasteiger partial charge on any atom is -0.504 e. The molecule has 8 nitrogen and oxygen atoms in total. The topological polar surface area (TPSA) is 114 Å². The van der Waals surface area contributed by atoms with Gasteiger partial charge in [-0.3, -0.25) is 10.3 Å². The van der Waals surface area contributed by atoms with Gasteiger partial charge in [0.2, 0.25) is 0 Å². The second kappa shape index (κ2) is 10.3. The van der Waals surface area contributed by atoms with Gasteiger partial charge in [-0.05, 0) is 46.5 Å². The van der Waals surface area contributed by atoms with Crippen molar-refractivity contribution >= 4 is 38.9 Å². The number of rotatable bonds is 7. The number of H-pyrrole nitrogens is 1. The number of aromatic amines is 1. The largest absolute Gasteiger partial charge is 0.504 e. The van der Waals surface area contributed by atoms with Crippen molar-refractivity contribution in [1.29, 1.82) is 5.41 Å². The van der Waals surface area contributed by atoms with Crippen molar-refractivity contribution in [2.75, 3.05) is 13.1 Å². The predicted molar refractivity (Wildman–Crippen MR) is 138 cm³/mol. The van der Waals surface area contributed by atoms with E-state index in [1.54, 1.807) is 6.33 Å². The highest BCUT2D eigenvalue weighted by Crippen LogP contribution is 2.39. The summed E-state index contributed by atoms with van der Waals surface area (Å²) in [5.41, 5.74) is 4.15. The Balaban J connectivity index is 1.28. The van der Waals surface area contributed by atoms with E-state index in [0.29, 0.717) is 25.7 Å². The number of hydrogen-bond acceptors (Lipinski definition) is 7. The molecular weight excluding hydrogens is 528 g/mol. The highest BCUT2D eigenvalue weighted by molar-refractivity contribution is 9.10. The Hall–Kier alpha value is -3.08. The van der Waals surface area contributed by atoms with Crippen LogP contribution in [0.25, 0.3) is 11.2 Å². The molecule has 0 fully saturated rings. The molecule has 2 aromatic carbocycles. The molecule has 1 aliphatic heterocycles. The number of aryl methyl sites for hydroxylation is 1. The van der Waals surface area contributed by atoms with Crippen LogP contribution in [0, 0.1) is 5.41 Å². The standard InChI is InChI=1S/C25H25BrN6O2S/c26-18-12-19(33)20(34)13-21(18)35-25-29-22-23(27)28-15-32(24(22)30-25)11-8-16-6-9-31(10-7-16)14-17-4-2-1-3-5-17/h1-6,12-13,15,27,33-34H,7-11,14H2,(H,29,30). The second-order valence-electron chi connectivity index (χ2n) is 8.48. The first-order valence-corrected chi connectivity index (χ1v) is 12.9. The Morgan fingerprint density at radius 2 is 1.94 bits per heavy atom. The van der Waals surface area contributed by atoms with Crippen molar-refractivity contribution in [3.8, 4) is 11.5 Å². The molecule has 0 spiro atoms. The number of aromatic hydroxyl groups is 2. The number of aromatic nitrogens is 4. The third-order valence-electron chi connectivity index (χ3n) is 6.04. The number of phenolic OH excluding ortho intramolecular Hbond substituents is 2. The molecule has 4 N–H and O–H groups in total. The molecule has 180 valence electrons. The first-order chi connectivity index (χ1) is 17.0. The van der Waals surface area contributed by atoms with E-state index in [-0.39, 0.29) is 17.0 Å². The smallest absolute Gasteiger partial charge is 0.173 e. The maximum Gasteiger partial charge on any atom is 0.173 e. The van der Waals surface area contributed by atoms with Crippen LogP contribution in [-0.4, -0.2) is 47.7 Å². The van der Waals surface area contributed by atoms with Crippen molar-refractivity contribution in [3.63, 3.8) is 0 Å². The Morgan fingerprint density at radius 1 is 1.14 bits per heavy atom. The normalized spacial score (nSPS) is 14.4. The van der Waals surface area contributed by atoms with Crippen LogP contribution in [0.4, 0.5) is 0 Å². The Labute approximate surface area is 215 Å². The van der Waals surface area contributed by atoms with E-state index in [0.717, 1.165) is 39.0 Å². The van der Waals surface area contributed by atoms with Crippen LogP contribution >= 0.6 is 27.7 Å². The number of nitrogens with one attached hydrogen (secondary N) is 2. The highest BCUT2D eigenvalue weighted by Gasteiger charge is 2.15. The lowest BCUT2D eigenvalue weighted by Gasteiger charge is -2.26. The fourth-order valence-electron chi connectivity index (χ4n) is 4.12. The van der Waals surface area contributed by atoms with E-state index >= 15 is 0 Å². The van der Waals surface area contributed by atoms with E-state index < -0.39 is 0 Å². The summed E-state index contributed by atoms with van der Waals surface area (Å²) in [6.45, 7) is 3.69. The lowest BCUT2D eigenvalue weighted by atomic mass is 10.0. The fourth-order valence-corrected chi connectivity index (χ4v) is 5.51. The van der Waals surface area contributed by atoms with Crippen LogP contribution in [0.2, 0.25) is 0 Å². The molecule has 5 rings (SSSR count). The second-order valence-corrected chi connectivity index (χ2v) is 10.4. The van der Waals surface area contributed by atoms with Gasteiger partial charge in [0.15, 0.2) is 27.8 Å². The molecule has 35 heavy (non-hydrogen) atoms. The number of hydrogen-bond donors (Lipinski definition) is 4. The molecule has 2 aromatic heterocycles. The average Bonchev–Trinajstić information content (AvgIpc) is 3.29. The van der Waals surface area contributed by atoms with E-state index in [9.17, 15) is 10.2 Å². The number of halogens is 1. The monoisotopic (exact) mass is 552 g/mol. The zero-order valence-electron chi connectivity index (χ0n) is 18.9. The predicted octanol–water partition coefficient (Wildman–Crippen LogP) is 4.79. The quantitative estimate of drug-likeness (QED) is 0.193. The minimum atomic E-state index is -0.201. The average molecular weight is 553 g/mol. The molecule has 0 aliphatic carbocycles. The van der Waals surface area contributed by atoms with Gasteiger partial charge < -0.3 is 19.8 Å². The summed E-state index contributed by atoms with van der Waals surface area (Å²) >= 11 is 4.71. The molecule has 4 aromatic rings. The van der Waals surface area contributed by atoms with Gasteiger partial charge in [-0.2, -0.15) is 0 Å². The van der Waals surface area contributed by atoms with E-state index in [1.165, 1.54) is 35.0 Å². The molecular formula is C25H25BrN6O2S. The molecule has 0 saturated heterocycles. The van der Waals surface area contributed by atoms with Gasteiger partial charge in [-0.1, -0.05) is 53.7 Å². The van der Waals surface area contributed by atoms with Crippen LogP contribution in [0.1, 0.15) is 18.4 Å². The zero-order chi connectivity index (χ0) is 24.4. The number of benzene rings is 2. The van der Waals surface area contributed by atoms with Gasteiger partial charge in [-0.15, -0.1) is 0 Å². The van der Waals surface area contributed by atoms with Crippen LogP contribution in [0.3, 0.4) is 0 Å². The van der Waals surface area contributed by atoms with Crippen molar-refractivity contribution in [3.05, 3.63) is 76.0 Å². The van der Waals surface area contributed by atoms with E-state index in [4.69, 9.17) is 10.4 Å². The van der Waals surface area contributed by atoms with Gasteiger partial charge in [0, 0.05) is 35.5 Å². The van der Waals surface area contributed by atoms with Crippen LogP contribution < -0.4 is 5.49 Å². The molecule has 0 radical (unpaired) electrons. The zero-order valence-corrected chi connectivity index (χ0v) is 21.3. The molecule has 3 heterocycles. The molecule has 1 aliphatic rings. The molecule has 0 atom stereocenters. The first kappa shape index (κ1) is 23.7. The fraction of sp³-hybridized carbons (Fsp3) is 0.240. The Kier molecular flexibility index (Phi) is 6.94. The summed E-state index contributed by atoms with van der Waals surface area (Å²) in [7, 11) is 0. The van der Waals surface area contributed by atoms with Crippen molar-refractivity contribution in [2.24, 2.45) is 0 Å². The summed E-state index contributed by atoms with van der Waals surface area (Å²) in [5, 5.41) is 28.3. The summed E-state index contributed by atoms with van der Waals surface area (Å²) in [4.78, 5) is 15.3. The van der Waals surface area contributed by atoms with E-state index in [2.05, 4.69) is 61.1 Å². The number of fused-ring (bicyclic) bond motifs is 1. The maximum atomic E-state index is 9.85. The number of imidazole rings is 1. The van der Waals surface area contributed by atoms with Gasteiger partial charge in [0.25, 0.3) is 0 Å². The van der Waals surface area contributed by atoms with Crippen molar-refractivity contribution in [2.45, 2.75) is 36.0 Å². The van der Waals surface area contributed by atoms with Crippen LogP contribution in [-0.2, 0) is 13.1 Å². The van der Waals surface area contributed by atoms with Crippen molar-refractivity contribution in [1.82, 2.24) is 24.4 Å². The number of phenols is 2. The molecule has 0 bridgehead atoms. The van der Waals surface area contributed by atoms with Gasteiger partial charge in [-0.25, -0.2) is 9.97 Å². The van der Waals surface area contributed by atoms with Crippen LogP contribution in [0.5, 0.6) is 11.5 Å². The van der Waals surface area contributed by atoms with Gasteiger partial charge >= 0.3 is 0 Å². The Morgan fingerprint density at radius 3 is 2.71 bits per heavy atom. The third kappa shape index (κ3) is 5.44. The highest BCUT2D eigenvalue weighted by atomic mass is 79.9. The Bertz CT molecular complexity index is 1450. The minimum absolute atomic E-state index is 0.136. The maximum absolute atomic E-state index is 9.85. The lowest BCUT2D eigenvalue weighted by molar-refractivity contribution is 0.283. The first-order valence-electron chi connectivity index (χ1n) is 11.3. The summed E-state index contributed by atoms with van der Waals surface area (Å²) < 4.78 is 2.62. The lowest BCUT2D eigenvalue weighted by Crippen LogP contribution is -2.28.